The van der Waals surface area contributed by atoms with Gasteiger partial charge in [0.1, 0.15) is 5.75 Å². The van der Waals surface area contributed by atoms with E-state index >= 15 is 0 Å². The van der Waals surface area contributed by atoms with Gasteiger partial charge in [-0.2, -0.15) is 8.78 Å². The molecule has 0 saturated heterocycles. The van der Waals surface area contributed by atoms with Gasteiger partial charge in [0, 0.05) is 29.5 Å². The van der Waals surface area contributed by atoms with Crippen molar-refractivity contribution in [1.82, 2.24) is 4.57 Å². The summed E-state index contributed by atoms with van der Waals surface area (Å²) in [6.07, 6.45) is 3.32. The minimum Gasteiger partial charge on any atom is -0.435 e. The fourth-order valence-electron chi connectivity index (χ4n) is 2.43. The number of nitrogens with zero attached hydrogens (tertiary/aromatic N) is 1. The molecule has 3 aromatic rings. The molecule has 3 amide bonds. The normalized spacial score (nSPS) is 10.5. The van der Waals surface area contributed by atoms with E-state index in [0.717, 1.165) is 5.69 Å². The molecular formula is C19H16F2N4O3. The second-order valence-electron chi connectivity index (χ2n) is 5.70. The molecule has 1 heterocycles. The van der Waals surface area contributed by atoms with Crippen LogP contribution in [0, 0.1) is 0 Å². The lowest BCUT2D eigenvalue weighted by atomic mass is 10.2. The molecule has 1 aromatic heterocycles. The number of alkyl halides is 2. The molecule has 0 saturated carbocycles. The second kappa shape index (κ2) is 8.21. The van der Waals surface area contributed by atoms with Crippen LogP contribution in [-0.2, 0) is 0 Å². The summed E-state index contributed by atoms with van der Waals surface area (Å²) in [6, 6.07) is 13.6. The summed E-state index contributed by atoms with van der Waals surface area (Å²) in [6.45, 7) is -2.90. The van der Waals surface area contributed by atoms with Crippen molar-refractivity contribution < 1.29 is 23.1 Å². The summed E-state index contributed by atoms with van der Waals surface area (Å²) in [7, 11) is 0. The average molecular weight is 386 g/mol. The highest BCUT2D eigenvalue weighted by atomic mass is 19.3. The lowest BCUT2D eigenvalue weighted by molar-refractivity contribution is -0.0498. The third-order valence-corrected chi connectivity index (χ3v) is 3.74. The van der Waals surface area contributed by atoms with E-state index in [1.165, 1.54) is 24.3 Å². The van der Waals surface area contributed by atoms with Crippen LogP contribution in [0.4, 0.5) is 25.0 Å². The van der Waals surface area contributed by atoms with Crippen LogP contribution in [0.5, 0.6) is 5.75 Å². The molecule has 0 aliphatic heterocycles. The number of nitrogens with one attached hydrogen (secondary N) is 2. The van der Waals surface area contributed by atoms with Crippen molar-refractivity contribution >= 4 is 23.3 Å². The fraction of sp³-hybridized carbons (Fsp3) is 0.0526. The largest absolute Gasteiger partial charge is 0.435 e. The van der Waals surface area contributed by atoms with Crippen molar-refractivity contribution in [3.63, 3.8) is 0 Å². The van der Waals surface area contributed by atoms with Gasteiger partial charge < -0.3 is 25.7 Å². The highest BCUT2D eigenvalue weighted by molar-refractivity contribution is 5.99. The van der Waals surface area contributed by atoms with Crippen molar-refractivity contribution in [2.24, 2.45) is 5.73 Å². The number of hydrogen-bond donors (Lipinski definition) is 3. The number of ether oxygens (including phenoxy) is 1. The van der Waals surface area contributed by atoms with E-state index in [9.17, 15) is 18.4 Å². The van der Waals surface area contributed by atoms with E-state index in [-0.39, 0.29) is 5.75 Å². The molecule has 28 heavy (non-hydrogen) atoms. The molecule has 0 fully saturated rings. The van der Waals surface area contributed by atoms with Crippen LogP contribution in [0.15, 0.2) is 67.0 Å². The Balaban J connectivity index is 1.58. The van der Waals surface area contributed by atoms with E-state index in [4.69, 9.17) is 5.73 Å². The number of benzene rings is 2. The van der Waals surface area contributed by atoms with Crippen molar-refractivity contribution in [3.8, 4) is 11.4 Å². The number of aromatic nitrogens is 1. The van der Waals surface area contributed by atoms with Crippen LogP contribution in [0.1, 0.15) is 10.4 Å². The number of nitrogens with two attached hydrogens (primary N) is 1. The third-order valence-electron chi connectivity index (χ3n) is 3.74. The van der Waals surface area contributed by atoms with Crippen LogP contribution in [0.2, 0.25) is 0 Å². The van der Waals surface area contributed by atoms with Gasteiger partial charge in [-0.05, 0) is 54.6 Å². The summed E-state index contributed by atoms with van der Waals surface area (Å²) in [4.78, 5) is 23.2. The number of primary amides is 1. The van der Waals surface area contributed by atoms with Crippen LogP contribution in [-0.4, -0.2) is 23.1 Å². The predicted octanol–water partition coefficient (Wildman–Crippen LogP) is 3.82. The molecule has 2 aromatic carbocycles. The maximum absolute atomic E-state index is 12.1. The van der Waals surface area contributed by atoms with E-state index < -0.39 is 18.5 Å². The number of carbonyl (C=O) groups excluding carboxylic acids is 2. The third kappa shape index (κ3) is 4.85. The van der Waals surface area contributed by atoms with Crippen molar-refractivity contribution in [3.05, 3.63) is 72.6 Å². The first kappa shape index (κ1) is 18.9. The lowest BCUT2D eigenvalue weighted by Crippen LogP contribution is -2.19. The monoisotopic (exact) mass is 386 g/mol. The molecule has 9 heteroatoms. The predicted molar refractivity (Wildman–Crippen MR) is 100 cm³/mol. The van der Waals surface area contributed by atoms with E-state index in [0.29, 0.717) is 16.9 Å². The van der Waals surface area contributed by atoms with E-state index in [2.05, 4.69) is 15.4 Å². The van der Waals surface area contributed by atoms with E-state index in [1.54, 1.807) is 47.3 Å². The Morgan fingerprint density at radius 3 is 2.00 bits per heavy atom. The maximum atomic E-state index is 12.1. The Morgan fingerprint density at radius 2 is 1.50 bits per heavy atom. The minimum absolute atomic E-state index is 0.000974. The molecular weight excluding hydrogens is 370 g/mol. The summed E-state index contributed by atoms with van der Waals surface area (Å²) in [5.74, 6) is -0.511. The highest BCUT2D eigenvalue weighted by Crippen LogP contribution is 2.19. The zero-order chi connectivity index (χ0) is 20.1. The van der Waals surface area contributed by atoms with Crippen molar-refractivity contribution in [2.75, 3.05) is 10.6 Å². The number of anilines is 2. The number of urea groups is 1. The quantitative estimate of drug-likeness (QED) is 0.601. The Hall–Kier alpha value is -3.88. The number of hydrogen-bond acceptors (Lipinski definition) is 3. The van der Waals surface area contributed by atoms with Gasteiger partial charge >= 0.3 is 12.6 Å². The highest BCUT2D eigenvalue weighted by Gasteiger charge is 2.07. The van der Waals surface area contributed by atoms with Crippen LogP contribution in [0.3, 0.4) is 0 Å². The van der Waals surface area contributed by atoms with Gasteiger partial charge in [-0.25, -0.2) is 4.79 Å². The Bertz CT molecular complexity index is 970. The van der Waals surface area contributed by atoms with Crippen molar-refractivity contribution in [2.45, 2.75) is 6.61 Å². The molecule has 0 atom stereocenters. The molecule has 0 aliphatic rings. The number of rotatable bonds is 6. The smallest absolute Gasteiger partial charge is 0.387 e. The van der Waals surface area contributed by atoms with Crippen molar-refractivity contribution in [1.29, 1.82) is 0 Å². The molecule has 0 spiro atoms. The summed E-state index contributed by atoms with van der Waals surface area (Å²) in [5, 5.41) is 5.24. The summed E-state index contributed by atoms with van der Waals surface area (Å²) in [5.41, 5.74) is 7.37. The first-order chi connectivity index (χ1) is 13.4. The van der Waals surface area contributed by atoms with Gasteiger partial charge in [-0.15, -0.1) is 0 Å². The zero-order valence-electron chi connectivity index (χ0n) is 14.4. The maximum Gasteiger partial charge on any atom is 0.387 e. The van der Waals surface area contributed by atoms with Gasteiger partial charge in [-0.1, -0.05) is 0 Å². The lowest BCUT2D eigenvalue weighted by Gasteiger charge is -2.10. The zero-order valence-corrected chi connectivity index (χ0v) is 14.4. The first-order valence-corrected chi connectivity index (χ1v) is 8.12. The van der Waals surface area contributed by atoms with E-state index in [1.807, 2.05) is 0 Å². The first-order valence-electron chi connectivity index (χ1n) is 8.12. The SMILES string of the molecule is NC(=O)c1ccn(-c2ccc(NC(=O)Nc3ccc(OC(F)F)cc3)cc2)c1. The van der Waals surface area contributed by atoms with Gasteiger partial charge in [0.15, 0.2) is 0 Å². The second-order valence-corrected chi connectivity index (χ2v) is 5.70. The molecule has 3 rings (SSSR count). The molecule has 7 nitrogen and oxygen atoms in total. The molecule has 0 bridgehead atoms. The van der Waals surface area contributed by atoms with Crippen LogP contribution >= 0.6 is 0 Å². The standard InChI is InChI=1S/C19H16F2N4O3/c20-18(21)28-16-7-3-14(4-8-16)24-19(27)23-13-1-5-15(6-2-13)25-10-9-12(11-25)17(22)26/h1-11,18H,(H2,22,26)(H2,23,24,27). The van der Waals surface area contributed by atoms with Gasteiger partial charge in [0.25, 0.3) is 0 Å². The minimum atomic E-state index is -2.90. The molecule has 0 aliphatic carbocycles. The summed E-state index contributed by atoms with van der Waals surface area (Å²) >= 11 is 0. The summed E-state index contributed by atoms with van der Waals surface area (Å²) < 4.78 is 30.2. The number of carbonyl (C=O) groups is 2. The average Bonchev–Trinajstić information content (AvgIpc) is 3.14. The Kier molecular flexibility index (Phi) is 5.54. The Morgan fingerprint density at radius 1 is 0.929 bits per heavy atom. The number of amides is 3. The van der Waals surface area contributed by atoms with Gasteiger partial charge in [0.2, 0.25) is 5.91 Å². The fourth-order valence-corrected chi connectivity index (χ4v) is 2.43. The molecule has 0 radical (unpaired) electrons. The van der Waals surface area contributed by atoms with Gasteiger partial charge in [-0.3, -0.25) is 4.79 Å². The topological polar surface area (TPSA) is 98.4 Å². The van der Waals surface area contributed by atoms with Gasteiger partial charge in [0.05, 0.1) is 5.56 Å². The van der Waals surface area contributed by atoms with Crippen LogP contribution in [0.25, 0.3) is 5.69 Å². The van der Waals surface area contributed by atoms with Crippen LogP contribution < -0.4 is 21.1 Å². The molecule has 0 unspecified atom stereocenters. The number of halogens is 2. The molecule has 4 N–H and O–H groups in total. The molecule has 144 valence electrons. The Labute approximate surface area is 158 Å².